The van der Waals surface area contributed by atoms with Crippen molar-refractivity contribution in [1.29, 1.82) is 0 Å². The first-order valence-corrected chi connectivity index (χ1v) is 5.81. The number of rotatable bonds is 7. The second-order valence-electron chi connectivity index (χ2n) is 5.61. The van der Waals surface area contributed by atoms with Crippen LogP contribution in [0.2, 0.25) is 0 Å². The summed E-state index contributed by atoms with van der Waals surface area (Å²) in [6.07, 6.45) is 4.73. The molecule has 3 N–H and O–H groups in total. The molecule has 0 aromatic carbocycles. The zero-order valence-electron chi connectivity index (χ0n) is 10.6. The number of nitrogens with two attached hydrogens (primary N) is 1. The molecule has 0 aliphatic heterocycles. The van der Waals surface area contributed by atoms with Crippen molar-refractivity contribution >= 4 is 0 Å². The number of hydrogen-bond donors (Lipinski definition) is 2. The van der Waals surface area contributed by atoms with Crippen LogP contribution in [0.4, 0.5) is 0 Å². The van der Waals surface area contributed by atoms with Gasteiger partial charge in [0.25, 0.3) is 0 Å². The lowest BCUT2D eigenvalue weighted by molar-refractivity contribution is 0.363. The number of hydrogen-bond acceptors (Lipinski definition) is 2. The first-order chi connectivity index (χ1) is 6.27. The monoisotopic (exact) mass is 200 g/mol. The summed E-state index contributed by atoms with van der Waals surface area (Å²) in [7, 11) is 0. The molecule has 0 amide bonds. The molecule has 0 unspecified atom stereocenters. The Morgan fingerprint density at radius 2 is 1.64 bits per heavy atom. The first-order valence-electron chi connectivity index (χ1n) is 5.81. The molecular weight excluding hydrogens is 172 g/mol. The van der Waals surface area contributed by atoms with Crippen LogP contribution < -0.4 is 11.1 Å². The van der Waals surface area contributed by atoms with E-state index in [0.717, 1.165) is 13.0 Å². The van der Waals surface area contributed by atoms with Crippen LogP contribution in [0.3, 0.4) is 0 Å². The molecule has 0 saturated carbocycles. The Kier molecular flexibility index (Phi) is 5.68. The van der Waals surface area contributed by atoms with Crippen molar-refractivity contribution in [3.05, 3.63) is 0 Å². The molecule has 2 heteroatoms. The molecule has 0 radical (unpaired) electrons. The van der Waals surface area contributed by atoms with E-state index in [1.165, 1.54) is 19.3 Å². The van der Waals surface area contributed by atoms with E-state index in [9.17, 15) is 0 Å². The highest BCUT2D eigenvalue weighted by molar-refractivity contribution is 4.75. The summed E-state index contributed by atoms with van der Waals surface area (Å²) in [5, 5.41) is 3.55. The van der Waals surface area contributed by atoms with E-state index in [-0.39, 0.29) is 11.1 Å². The van der Waals surface area contributed by atoms with Crippen molar-refractivity contribution in [3.63, 3.8) is 0 Å². The molecule has 14 heavy (non-hydrogen) atoms. The summed E-state index contributed by atoms with van der Waals surface area (Å²) in [6, 6.07) is 0. The topological polar surface area (TPSA) is 38.0 Å². The van der Waals surface area contributed by atoms with Crippen LogP contribution in [0.1, 0.15) is 60.3 Å². The molecule has 0 saturated heterocycles. The second-order valence-corrected chi connectivity index (χ2v) is 5.61. The second kappa shape index (κ2) is 5.72. The fraction of sp³-hybridized carbons (Fsp3) is 1.00. The van der Waals surface area contributed by atoms with Gasteiger partial charge in [-0.3, -0.25) is 0 Å². The standard InChI is InChI=1S/C12H28N2/c1-6-12(4,5)14-10-8-7-9-11(2,3)13/h14H,6-10,13H2,1-5H3. The minimum Gasteiger partial charge on any atom is -0.326 e. The van der Waals surface area contributed by atoms with E-state index in [0.29, 0.717) is 0 Å². The molecule has 0 aliphatic carbocycles. The Bertz CT molecular complexity index is 145. The molecule has 0 aromatic rings. The van der Waals surface area contributed by atoms with Crippen molar-refractivity contribution in [2.24, 2.45) is 5.73 Å². The van der Waals surface area contributed by atoms with Crippen LogP contribution in [-0.4, -0.2) is 17.6 Å². The highest BCUT2D eigenvalue weighted by Crippen LogP contribution is 2.10. The Hall–Kier alpha value is -0.0800. The van der Waals surface area contributed by atoms with E-state index in [2.05, 4.69) is 39.9 Å². The molecule has 86 valence electrons. The van der Waals surface area contributed by atoms with E-state index >= 15 is 0 Å². The normalized spacial score (nSPS) is 13.3. The summed E-state index contributed by atoms with van der Waals surface area (Å²) in [5.74, 6) is 0. The van der Waals surface area contributed by atoms with Crippen molar-refractivity contribution in [2.45, 2.75) is 71.4 Å². The molecule has 0 atom stereocenters. The number of unbranched alkanes of at least 4 members (excludes halogenated alkanes) is 1. The van der Waals surface area contributed by atoms with Crippen LogP contribution in [0.15, 0.2) is 0 Å². The van der Waals surface area contributed by atoms with Gasteiger partial charge in [-0.05, 0) is 53.5 Å². The van der Waals surface area contributed by atoms with Crippen LogP contribution in [-0.2, 0) is 0 Å². The fourth-order valence-electron chi connectivity index (χ4n) is 1.26. The SMILES string of the molecule is CCC(C)(C)NCCCCC(C)(C)N. The minimum absolute atomic E-state index is 0.000272. The van der Waals surface area contributed by atoms with E-state index in [1.54, 1.807) is 0 Å². The highest BCUT2D eigenvalue weighted by atomic mass is 14.9. The van der Waals surface area contributed by atoms with Gasteiger partial charge < -0.3 is 11.1 Å². The van der Waals surface area contributed by atoms with Gasteiger partial charge in [0, 0.05) is 11.1 Å². The molecular formula is C12H28N2. The Morgan fingerprint density at radius 3 is 2.07 bits per heavy atom. The van der Waals surface area contributed by atoms with E-state index < -0.39 is 0 Å². The third-order valence-corrected chi connectivity index (χ3v) is 2.74. The predicted octanol–water partition coefficient (Wildman–Crippen LogP) is 2.67. The van der Waals surface area contributed by atoms with Crippen LogP contribution >= 0.6 is 0 Å². The molecule has 0 rings (SSSR count). The highest BCUT2D eigenvalue weighted by Gasteiger charge is 2.13. The molecule has 2 nitrogen and oxygen atoms in total. The summed E-state index contributed by atoms with van der Waals surface area (Å²) in [4.78, 5) is 0. The third kappa shape index (κ3) is 8.52. The average molecular weight is 200 g/mol. The summed E-state index contributed by atoms with van der Waals surface area (Å²) >= 11 is 0. The van der Waals surface area contributed by atoms with Crippen molar-refractivity contribution in [3.8, 4) is 0 Å². The molecule has 0 bridgehead atoms. The Balaban J connectivity index is 3.39. The Morgan fingerprint density at radius 1 is 1.07 bits per heavy atom. The molecule has 0 aliphatic rings. The maximum atomic E-state index is 5.91. The van der Waals surface area contributed by atoms with Crippen LogP contribution in [0, 0.1) is 0 Å². The number of nitrogens with one attached hydrogen (secondary N) is 1. The zero-order valence-corrected chi connectivity index (χ0v) is 10.6. The molecule has 0 heterocycles. The zero-order chi connectivity index (χ0) is 11.2. The lowest BCUT2D eigenvalue weighted by atomic mass is 9.98. The van der Waals surface area contributed by atoms with Gasteiger partial charge in [-0.15, -0.1) is 0 Å². The smallest absolute Gasteiger partial charge is 0.0122 e. The van der Waals surface area contributed by atoms with Gasteiger partial charge in [0.15, 0.2) is 0 Å². The van der Waals surface area contributed by atoms with Gasteiger partial charge in [-0.25, -0.2) is 0 Å². The van der Waals surface area contributed by atoms with Crippen molar-refractivity contribution in [2.75, 3.05) is 6.54 Å². The van der Waals surface area contributed by atoms with Crippen LogP contribution in [0.25, 0.3) is 0 Å². The quantitative estimate of drug-likeness (QED) is 0.620. The van der Waals surface area contributed by atoms with Gasteiger partial charge in [-0.1, -0.05) is 13.3 Å². The first kappa shape index (κ1) is 13.9. The van der Waals surface area contributed by atoms with Crippen molar-refractivity contribution < 1.29 is 0 Å². The lowest BCUT2D eigenvalue weighted by Crippen LogP contribution is -2.39. The van der Waals surface area contributed by atoms with E-state index in [4.69, 9.17) is 5.73 Å². The van der Waals surface area contributed by atoms with Gasteiger partial charge in [0.2, 0.25) is 0 Å². The van der Waals surface area contributed by atoms with E-state index in [1.807, 2.05) is 0 Å². The fourth-order valence-corrected chi connectivity index (χ4v) is 1.26. The summed E-state index contributed by atoms with van der Waals surface area (Å²) < 4.78 is 0. The predicted molar refractivity (Wildman–Crippen MR) is 64.5 cm³/mol. The summed E-state index contributed by atoms with van der Waals surface area (Å²) in [6.45, 7) is 12.0. The minimum atomic E-state index is 0.000272. The van der Waals surface area contributed by atoms with Gasteiger partial charge in [0.05, 0.1) is 0 Å². The maximum Gasteiger partial charge on any atom is 0.0122 e. The van der Waals surface area contributed by atoms with Gasteiger partial charge in [-0.2, -0.15) is 0 Å². The molecule has 0 fully saturated rings. The summed E-state index contributed by atoms with van der Waals surface area (Å²) in [5.41, 5.74) is 6.20. The Labute approximate surface area is 89.6 Å². The average Bonchev–Trinajstić information content (AvgIpc) is 2.01. The van der Waals surface area contributed by atoms with Gasteiger partial charge in [0.1, 0.15) is 0 Å². The third-order valence-electron chi connectivity index (χ3n) is 2.74. The maximum absolute atomic E-state index is 5.91. The lowest BCUT2D eigenvalue weighted by Gasteiger charge is -2.25. The van der Waals surface area contributed by atoms with Crippen LogP contribution in [0.5, 0.6) is 0 Å². The van der Waals surface area contributed by atoms with Crippen molar-refractivity contribution in [1.82, 2.24) is 5.32 Å². The van der Waals surface area contributed by atoms with Gasteiger partial charge >= 0.3 is 0 Å². The molecule has 0 spiro atoms. The largest absolute Gasteiger partial charge is 0.326 e. The molecule has 0 aromatic heterocycles.